The van der Waals surface area contributed by atoms with E-state index >= 15 is 0 Å². The molecule has 0 fully saturated rings. The molecule has 0 bridgehead atoms. The number of hydrogen-bond donors (Lipinski definition) is 0. The fraction of sp³-hybridized carbons (Fsp3) is 0.294. The Hall–Kier alpha value is -1.83. The van der Waals surface area contributed by atoms with Crippen LogP contribution in [0.25, 0.3) is 0 Å². The Balaban J connectivity index is 1.96. The van der Waals surface area contributed by atoms with Crippen molar-refractivity contribution in [3.8, 4) is 5.75 Å². The maximum atomic E-state index is 13.0. The smallest absolute Gasteiger partial charge is 0.123 e. The van der Waals surface area contributed by atoms with Crippen LogP contribution in [0.5, 0.6) is 5.75 Å². The maximum Gasteiger partial charge on any atom is 0.123 e. The van der Waals surface area contributed by atoms with E-state index in [1.807, 2.05) is 18.2 Å². The third-order valence-corrected chi connectivity index (χ3v) is 3.36. The maximum absolute atomic E-state index is 13.0. The van der Waals surface area contributed by atoms with Gasteiger partial charge in [-0.15, -0.1) is 0 Å². The second-order valence-electron chi connectivity index (χ2n) is 4.80. The van der Waals surface area contributed by atoms with Crippen molar-refractivity contribution in [2.24, 2.45) is 0 Å². The molecule has 2 aromatic rings. The predicted octanol–water partition coefficient (Wildman–Crippen LogP) is 4.92. The van der Waals surface area contributed by atoms with Gasteiger partial charge in [0, 0.05) is 0 Å². The van der Waals surface area contributed by atoms with E-state index in [2.05, 4.69) is 26.0 Å². The average Bonchev–Trinajstić information content (AvgIpc) is 2.45. The molecule has 1 unspecified atom stereocenters. The molecule has 19 heavy (non-hydrogen) atoms. The molecule has 0 saturated carbocycles. The van der Waals surface area contributed by atoms with Crippen LogP contribution in [0.3, 0.4) is 0 Å². The zero-order chi connectivity index (χ0) is 13.7. The molecule has 0 aliphatic rings. The van der Waals surface area contributed by atoms with Crippen molar-refractivity contribution < 1.29 is 9.13 Å². The first kappa shape index (κ1) is 13.6. The number of benzene rings is 2. The summed E-state index contributed by atoms with van der Waals surface area (Å²) in [6, 6.07) is 14.6. The van der Waals surface area contributed by atoms with E-state index in [0.29, 0.717) is 12.5 Å². The molecule has 1 nitrogen and oxygen atoms in total. The van der Waals surface area contributed by atoms with Crippen molar-refractivity contribution in [1.82, 2.24) is 0 Å². The molecule has 0 aliphatic carbocycles. The molecule has 0 aromatic heterocycles. The second kappa shape index (κ2) is 6.37. The van der Waals surface area contributed by atoms with Crippen molar-refractivity contribution in [2.45, 2.75) is 32.8 Å². The van der Waals surface area contributed by atoms with E-state index in [4.69, 9.17) is 4.74 Å². The van der Waals surface area contributed by atoms with Gasteiger partial charge in [-0.1, -0.05) is 38.1 Å². The van der Waals surface area contributed by atoms with Gasteiger partial charge in [0.1, 0.15) is 18.2 Å². The minimum absolute atomic E-state index is 0.229. The second-order valence-corrected chi connectivity index (χ2v) is 4.80. The highest BCUT2D eigenvalue weighted by atomic mass is 19.1. The molecule has 100 valence electrons. The Labute approximate surface area is 114 Å². The van der Waals surface area contributed by atoms with Crippen LogP contribution >= 0.6 is 0 Å². The highest BCUT2D eigenvalue weighted by Crippen LogP contribution is 2.22. The van der Waals surface area contributed by atoms with Gasteiger partial charge in [0.15, 0.2) is 0 Å². The lowest BCUT2D eigenvalue weighted by Crippen LogP contribution is -1.96. The van der Waals surface area contributed by atoms with Crippen LogP contribution in [0.2, 0.25) is 0 Å². The zero-order valence-corrected chi connectivity index (χ0v) is 11.4. The van der Waals surface area contributed by atoms with E-state index in [-0.39, 0.29) is 5.82 Å². The third kappa shape index (κ3) is 3.82. The summed E-state index contributed by atoms with van der Waals surface area (Å²) in [5.74, 6) is 1.15. The van der Waals surface area contributed by atoms with E-state index < -0.39 is 0 Å². The fourth-order valence-corrected chi connectivity index (χ4v) is 1.92. The summed E-state index contributed by atoms with van der Waals surface area (Å²) >= 11 is 0. The molecule has 2 aromatic carbocycles. The monoisotopic (exact) mass is 258 g/mol. The van der Waals surface area contributed by atoms with Gasteiger partial charge < -0.3 is 4.74 Å². The van der Waals surface area contributed by atoms with E-state index in [1.54, 1.807) is 6.07 Å². The normalized spacial score (nSPS) is 12.2. The molecule has 0 spiro atoms. The van der Waals surface area contributed by atoms with Crippen molar-refractivity contribution in [1.29, 1.82) is 0 Å². The Morgan fingerprint density at radius 3 is 2.47 bits per heavy atom. The lowest BCUT2D eigenvalue weighted by molar-refractivity contribution is 0.305. The molecular weight excluding hydrogens is 239 g/mol. The molecule has 0 aliphatic heterocycles. The summed E-state index contributed by atoms with van der Waals surface area (Å²) in [5.41, 5.74) is 2.16. The van der Waals surface area contributed by atoms with Gasteiger partial charge in [-0.25, -0.2) is 4.39 Å². The van der Waals surface area contributed by atoms with Gasteiger partial charge in [-0.3, -0.25) is 0 Å². The largest absolute Gasteiger partial charge is 0.489 e. The third-order valence-electron chi connectivity index (χ3n) is 3.36. The fourth-order valence-electron chi connectivity index (χ4n) is 1.92. The Morgan fingerprint density at radius 1 is 1.11 bits per heavy atom. The van der Waals surface area contributed by atoms with Crippen LogP contribution in [-0.2, 0) is 6.61 Å². The highest BCUT2D eigenvalue weighted by molar-refractivity contribution is 5.29. The average molecular weight is 258 g/mol. The molecule has 0 saturated heterocycles. The summed E-state index contributed by atoms with van der Waals surface area (Å²) in [6.45, 7) is 4.78. The van der Waals surface area contributed by atoms with E-state index in [1.165, 1.54) is 17.7 Å². The molecule has 2 heteroatoms. The van der Waals surface area contributed by atoms with Crippen LogP contribution < -0.4 is 4.74 Å². The lowest BCUT2D eigenvalue weighted by atomic mass is 9.99. The lowest BCUT2D eigenvalue weighted by Gasteiger charge is -2.11. The highest BCUT2D eigenvalue weighted by Gasteiger charge is 2.03. The topological polar surface area (TPSA) is 9.23 Å². The molecule has 0 radical (unpaired) electrons. The van der Waals surface area contributed by atoms with Crippen LogP contribution in [0.15, 0.2) is 48.5 Å². The van der Waals surface area contributed by atoms with Gasteiger partial charge in [0.2, 0.25) is 0 Å². The molecule has 0 heterocycles. The Morgan fingerprint density at radius 2 is 1.84 bits per heavy atom. The van der Waals surface area contributed by atoms with Crippen molar-refractivity contribution >= 4 is 0 Å². The Bertz CT molecular complexity index is 519. The zero-order valence-electron chi connectivity index (χ0n) is 11.4. The van der Waals surface area contributed by atoms with Crippen molar-refractivity contribution in [3.63, 3.8) is 0 Å². The number of halogens is 1. The van der Waals surface area contributed by atoms with Crippen LogP contribution in [0.4, 0.5) is 4.39 Å². The molecule has 0 N–H and O–H groups in total. The first-order valence-electron chi connectivity index (χ1n) is 6.66. The minimum Gasteiger partial charge on any atom is -0.489 e. The predicted molar refractivity (Wildman–Crippen MR) is 75.9 cm³/mol. The van der Waals surface area contributed by atoms with Crippen LogP contribution in [0, 0.1) is 5.82 Å². The van der Waals surface area contributed by atoms with Crippen LogP contribution in [0.1, 0.15) is 37.3 Å². The van der Waals surface area contributed by atoms with Crippen molar-refractivity contribution in [2.75, 3.05) is 0 Å². The molecular formula is C17H19FO. The molecule has 1 atom stereocenters. The van der Waals surface area contributed by atoms with Crippen LogP contribution in [-0.4, -0.2) is 0 Å². The Kier molecular flexibility index (Phi) is 4.56. The van der Waals surface area contributed by atoms with E-state index in [9.17, 15) is 4.39 Å². The number of ether oxygens (including phenoxy) is 1. The number of hydrogen-bond acceptors (Lipinski definition) is 1. The number of rotatable bonds is 5. The van der Waals surface area contributed by atoms with Gasteiger partial charge in [0.05, 0.1) is 0 Å². The first-order chi connectivity index (χ1) is 9.19. The minimum atomic E-state index is -0.229. The summed E-state index contributed by atoms with van der Waals surface area (Å²) in [7, 11) is 0. The quantitative estimate of drug-likeness (QED) is 0.739. The van der Waals surface area contributed by atoms with Crippen molar-refractivity contribution in [3.05, 3.63) is 65.5 Å². The van der Waals surface area contributed by atoms with E-state index in [0.717, 1.165) is 17.7 Å². The first-order valence-corrected chi connectivity index (χ1v) is 6.66. The summed E-state index contributed by atoms with van der Waals surface area (Å²) in [6.07, 6.45) is 1.13. The SMILES string of the molecule is CCC(C)c1ccc(OCc2cccc(F)c2)cc1. The summed E-state index contributed by atoms with van der Waals surface area (Å²) < 4.78 is 18.7. The molecule has 2 rings (SSSR count). The van der Waals surface area contributed by atoms with Gasteiger partial charge >= 0.3 is 0 Å². The standard InChI is InChI=1S/C17H19FO/c1-3-13(2)15-7-9-17(10-8-15)19-12-14-5-4-6-16(18)11-14/h4-11,13H,3,12H2,1-2H3. The molecule has 0 amide bonds. The van der Waals surface area contributed by atoms with Gasteiger partial charge in [-0.05, 0) is 47.7 Å². The summed E-state index contributed by atoms with van der Waals surface area (Å²) in [4.78, 5) is 0. The van der Waals surface area contributed by atoms with Gasteiger partial charge in [-0.2, -0.15) is 0 Å². The van der Waals surface area contributed by atoms with Gasteiger partial charge in [0.25, 0.3) is 0 Å². The summed E-state index contributed by atoms with van der Waals surface area (Å²) in [5, 5.41) is 0.